The molecule has 0 fully saturated rings. The Labute approximate surface area is 85.7 Å². The zero-order valence-electron chi connectivity index (χ0n) is 7.60. The molecule has 0 amide bonds. The summed E-state index contributed by atoms with van der Waals surface area (Å²) in [6.45, 7) is 1.83. The fourth-order valence-corrected chi connectivity index (χ4v) is 1.63. The number of halogens is 1. The van der Waals surface area contributed by atoms with Gasteiger partial charge in [-0.15, -0.1) is 0 Å². The number of H-pyrrole nitrogens is 2. The summed E-state index contributed by atoms with van der Waals surface area (Å²) in [4.78, 5) is 16.4. The molecule has 1 heterocycles. The van der Waals surface area contributed by atoms with E-state index < -0.39 is 0 Å². The highest BCUT2D eigenvalue weighted by Gasteiger charge is 2.07. The molecule has 2 N–H and O–H groups in total. The lowest BCUT2D eigenvalue weighted by molar-refractivity contribution is 1.16. The predicted molar refractivity (Wildman–Crippen MR) is 56.6 cm³/mol. The Balaban J connectivity index is 2.66. The van der Waals surface area contributed by atoms with Crippen LogP contribution in [0.5, 0.6) is 0 Å². The molecule has 0 aliphatic rings. The lowest BCUT2D eigenvalue weighted by atomic mass is 10.1. The van der Waals surface area contributed by atoms with Crippen LogP contribution in [0, 0.1) is 6.92 Å². The van der Waals surface area contributed by atoms with E-state index in [1.165, 1.54) is 0 Å². The van der Waals surface area contributed by atoms with Crippen molar-refractivity contribution in [3.63, 3.8) is 0 Å². The lowest BCUT2D eigenvalue weighted by Gasteiger charge is -2.01. The number of aryl methyl sites for hydroxylation is 1. The predicted octanol–water partition coefficient (Wildman–Crippen LogP) is 2.33. The Morgan fingerprint density at radius 1 is 1.21 bits per heavy atom. The third kappa shape index (κ3) is 1.46. The zero-order chi connectivity index (χ0) is 10.1. The molecular formula is C10H9ClN2O. The van der Waals surface area contributed by atoms with Crippen LogP contribution in [0.25, 0.3) is 11.3 Å². The van der Waals surface area contributed by atoms with Gasteiger partial charge in [0.05, 0.1) is 5.69 Å². The summed E-state index contributed by atoms with van der Waals surface area (Å²) in [5.41, 5.74) is 2.17. The highest BCUT2D eigenvalue weighted by atomic mass is 35.5. The molecule has 0 radical (unpaired) electrons. The molecule has 0 unspecified atom stereocenters. The van der Waals surface area contributed by atoms with Crippen LogP contribution in [0.2, 0.25) is 5.02 Å². The van der Waals surface area contributed by atoms with Gasteiger partial charge in [-0.05, 0) is 13.0 Å². The smallest absolute Gasteiger partial charge is 0.310 e. The second-order valence-corrected chi connectivity index (χ2v) is 3.47. The molecule has 1 aromatic carbocycles. The number of aromatic nitrogens is 2. The van der Waals surface area contributed by atoms with Crippen LogP contribution < -0.4 is 5.69 Å². The molecule has 14 heavy (non-hydrogen) atoms. The maximum atomic E-state index is 11.0. The first-order chi connectivity index (χ1) is 6.68. The van der Waals surface area contributed by atoms with Crippen LogP contribution >= 0.6 is 11.6 Å². The van der Waals surface area contributed by atoms with Crippen LogP contribution in [0.1, 0.15) is 5.69 Å². The van der Waals surface area contributed by atoms with Crippen molar-refractivity contribution < 1.29 is 0 Å². The largest absolute Gasteiger partial charge is 0.323 e. The quantitative estimate of drug-likeness (QED) is 0.743. The maximum absolute atomic E-state index is 11.0. The normalized spacial score (nSPS) is 10.4. The van der Waals surface area contributed by atoms with E-state index in [0.717, 1.165) is 17.0 Å². The number of nitrogens with one attached hydrogen (secondary N) is 2. The van der Waals surface area contributed by atoms with Crippen LogP contribution in [-0.2, 0) is 0 Å². The van der Waals surface area contributed by atoms with E-state index in [1.54, 1.807) is 6.07 Å². The van der Waals surface area contributed by atoms with Gasteiger partial charge >= 0.3 is 5.69 Å². The van der Waals surface area contributed by atoms with E-state index in [-0.39, 0.29) is 5.69 Å². The minimum atomic E-state index is -0.211. The number of hydrogen-bond acceptors (Lipinski definition) is 1. The van der Waals surface area contributed by atoms with Gasteiger partial charge in [-0.3, -0.25) is 0 Å². The zero-order valence-corrected chi connectivity index (χ0v) is 8.35. The molecule has 72 valence electrons. The first-order valence-corrected chi connectivity index (χ1v) is 4.60. The van der Waals surface area contributed by atoms with Gasteiger partial charge in [-0.1, -0.05) is 29.8 Å². The Morgan fingerprint density at radius 3 is 2.50 bits per heavy atom. The molecule has 0 aliphatic carbocycles. The molecule has 0 saturated carbocycles. The first-order valence-electron chi connectivity index (χ1n) is 4.22. The first kappa shape index (κ1) is 9.09. The van der Waals surface area contributed by atoms with E-state index in [0.29, 0.717) is 5.02 Å². The van der Waals surface area contributed by atoms with E-state index >= 15 is 0 Å². The minimum absolute atomic E-state index is 0.211. The molecule has 2 aromatic rings. The average molecular weight is 209 g/mol. The highest BCUT2D eigenvalue weighted by Crippen LogP contribution is 2.26. The molecule has 0 spiro atoms. The number of benzene rings is 1. The molecule has 1 aromatic heterocycles. The van der Waals surface area contributed by atoms with Crippen LogP contribution in [0.3, 0.4) is 0 Å². The van der Waals surface area contributed by atoms with Gasteiger partial charge in [-0.2, -0.15) is 0 Å². The van der Waals surface area contributed by atoms with Crippen LogP contribution in [0.4, 0.5) is 0 Å². The van der Waals surface area contributed by atoms with Crippen molar-refractivity contribution in [3.05, 3.63) is 45.5 Å². The summed E-state index contributed by atoms with van der Waals surface area (Å²) in [6, 6.07) is 7.40. The Kier molecular flexibility index (Phi) is 2.17. The van der Waals surface area contributed by atoms with Crippen LogP contribution in [0.15, 0.2) is 29.1 Å². The van der Waals surface area contributed by atoms with Gasteiger partial charge in [-0.25, -0.2) is 4.79 Å². The van der Waals surface area contributed by atoms with Crippen molar-refractivity contribution in [2.75, 3.05) is 0 Å². The summed E-state index contributed by atoms with van der Waals surface area (Å²) in [7, 11) is 0. The van der Waals surface area contributed by atoms with Crippen molar-refractivity contribution in [3.8, 4) is 11.3 Å². The number of imidazole rings is 1. The van der Waals surface area contributed by atoms with Crippen molar-refractivity contribution in [1.82, 2.24) is 9.97 Å². The fraction of sp³-hybridized carbons (Fsp3) is 0.100. The van der Waals surface area contributed by atoms with Crippen molar-refractivity contribution in [2.24, 2.45) is 0 Å². The van der Waals surface area contributed by atoms with Gasteiger partial charge in [0.2, 0.25) is 0 Å². The third-order valence-corrected chi connectivity index (χ3v) is 2.39. The number of hydrogen-bond donors (Lipinski definition) is 2. The monoisotopic (exact) mass is 208 g/mol. The lowest BCUT2D eigenvalue weighted by Crippen LogP contribution is -2.00. The van der Waals surface area contributed by atoms with Gasteiger partial charge in [0.25, 0.3) is 0 Å². The Morgan fingerprint density at radius 2 is 1.93 bits per heavy atom. The summed E-state index contributed by atoms with van der Waals surface area (Å²) in [5, 5.41) is 0.630. The average Bonchev–Trinajstić information content (AvgIpc) is 2.46. The van der Waals surface area contributed by atoms with Crippen molar-refractivity contribution in [1.29, 1.82) is 0 Å². The molecular weight excluding hydrogens is 200 g/mol. The standard InChI is InChI=1S/C10H9ClN2O/c1-6-9(13-10(14)12-6)7-4-2-3-5-8(7)11/h2-5H,1H3,(H2,12,13,14). The van der Waals surface area contributed by atoms with E-state index in [2.05, 4.69) is 9.97 Å². The molecule has 2 rings (SSSR count). The summed E-state index contributed by atoms with van der Waals surface area (Å²) >= 11 is 6.00. The van der Waals surface area contributed by atoms with Gasteiger partial charge in [0.1, 0.15) is 0 Å². The Hall–Kier alpha value is -1.48. The summed E-state index contributed by atoms with van der Waals surface area (Å²) in [5.74, 6) is 0. The van der Waals surface area contributed by atoms with Gasteiger partial charge < -0.3 is 9.97 Å². The summed E-state index contributed by atoms with van der Waals surface area (Å²) < 4.78 is 0. The van der Waals surface area contributed by atoms with E-state index in [4.69, 9.17) is 11.6 Å². The van der Waals surface area contributed by atoms with Crippen molar-refractivity contribution >= 4 is 11.6 Å². The SMILES string of the molecule is Cc1[nH]c(=O)[nH]c1-c1ccccc1Cl. The summed E-state index contributed by atoms with van der Waals surface area (Å²) in [6.07, 6.45) is 0. The molecule has 0 atom stereocenters. The Bertz CT molecular complexity index is 513. The number of rotatable bonds is 1. The second kappa shape index (κ2) is 3.35. The molecule has 4 heteroatoms. The molecule has 0 saturated heterocycles. The molecule has 0 bridgehead atoms. The third-order valence-electron chi connectivity index (χ3n) is 2.06. The van der Waals surface area contributed by atoms with Crippen molar-refractivity contribution in [2.45, 2.75) is 6.92 Å². The van der Waals surface area contributed by atoms with Gasteiger partial charge in [0, 0.05) is 16.3 Å². The molecule has 3 nitrogen and oxygen atoms in total. The fourth-order valence-electron chi connectivity index (χ4n) is 1.40. The number of aromatic amines is 2. The highest BCUT2D eigenvalue weighted by molar-refractivity contribution is 6.33. The van der Waals surface area contributed by atoms with E-state index in [9.17, 15) is 4.79 Å². The maximum Gasteiger partial charge on any atom is 0.323 e. The van der Waals surface area contributed by atoms with E-state index in [1.807, 2.05) is 25.1 Å². The second-order valence-electron chi connectivity index (χ2n) is 3.06. The topological polar surface area (TPSA) is 48.6 Å². The van der Waals surface area contributed by atoms with Crippen LogP contribution in [-0.4, -0.2) is 9.97 Å². The minimum Gasteiger partial charge on any atom is -0.310 e. The molecule has 0 aliphatic heterocycles. The van der Waals surface area contributed by atoms with Gasteiger partial charge in [0.15, 0.2) is 0 Å².